The summed E-state index contributed by atoms with van der Waals surface area (Å²) in [5.74, 6) is -0.205. The van der Waals surface area contributed by atoms with Gasteiger partial charge in [-0.05, 0) is 45.0 Å². The Morgan fingerprint density at radius 2 is 2.05 bits per heavy atom. The average molecular weight is 282 g/mol. The zero-order valence-electron chi connectivity index (χ0n) is 12.5. The highest BCUT2D eigenvalue weighted by Crippen LogP contribution is 2.18. The second-order valence-corrected chi connectivity index (χ2v) is 4.90. The van der Waals surface area contributed by atoms with E-state index >= 15 is 0 Å². The Kier molecular flexibility index (Phi) is 6.45. The minimum atomic E-state index is -0.659. The standard InChI is InChI=1S/C15H23FN2O2/c1-5-10(2)18-15(19)11(3)20-14-7-12(9-17-4)6-13(16)8-14/h6-8,10-11,17H,5,9H2,1-4H3,(H,18,19). The van der Waals surface area contributed by atoms with Crippen LogP contribution in [0.25, 0.3) is 0 Å². The Morgan fingerprint density at radius 1 is 1.35 bits per heavy atom. The fraction of sp³-hybridized carbons (Fsp3) is 0.533. The summed E-state index contributed by atoms with van der Waals surface area (Å²) in [6.07, 6.45) is 0.193. The Balaban J connectivity index is 2.69. The molecule has 20 heavy (non-hydrogen) atoms. The first-order valence-corrected chi connectivity index (χ1v) is 6.87. The summed E-state index contributed by atoms with van der Waals surface area (Å²) >= 11 is 0. The molecule has 4 nitrogen and oxygen atoms in total. The van der Waals surface area contributed by atoms with E-state index in [-0.39, 0.29) is 17.8 Å². The first-order chi connectivity index (χ1) is 9.46. The van der Waals surface area contributed by atoms with Gasteiger partial charge in [-0.3, -0.25) is 4.79 Å². The molecule has 0 bridgehead atoms. The van der Waals surface area contributed by atoms with E-state index in [1.807, 2.05) is 13.8 Å². The number of rotatable bonds is 7. The van der Waals surface area contributed by atoms with Crippen LogP contribution in [0.3, 0.4) is 0 Å². The SMILES string of the molecule is CCC(C)NC(=O)C(C)Oc1cc(F)cc(CNC)c1. The Hall–Kier alpha value is -1.62. The lowest BCUT2D eigenvalue weighted by Crippen LogP contribution is -2.41. The molecule has 0 spiro atoms. The molecule has 0 aliphatic carbocycles. The highest BCUT2D eigenvalue weighted by Gasteiger charge is 2.16. The van der Waals surface area contributed by atoms with Gasteiger partial charge < -0.3 is 15.4 Å². The van der Waals surface area contributed by atoms with Gasteiger partial charge >= 0.3 is 0 Å². The molecule has 0 heterocycles. The Labute approximate surface area is 119 Å². The second kappa shape index (κ2) is 7.85. The number of carbonyl (C=O) groups excluding carboxylic acids is 1. The van der Waals surface area contributed by atoms with Gasteiger partial charge in [-0.15, -0.1) is 0 Å². The zero-order chi connectivity index (χ0) is 15.1. The van der Waals surface area contributed by atoms with E-state index in [1.165, 1.54) is 12.1 Å². The van der Waals surface area contributed by atoms with Gasteiger partial charge in [0.15, 0.2) is 6.10 Å². The van der Waals surface area contributed by atoms with Crippen LogP contribution in [0.1, 0.15) is 32.8 Å². The van der Waals surface area contributed by atoms with Gasteiger partial charge in [-0.25, -0.2) is 4.39 Å². The summed E-state index contributed by atoms with van der Waals surface area (Å²) in [6.45, 7) is 6.12. The molecule has 5 heteroatoms. The molecule has 0 saturated carbocycles. The van der Waals surface area contributed by atoms with Crippen molar-refractivity contribution in [3.05, 3.63) is 29.6 Å². The predicted octanol–water partition coefficient (Wildman–Crippen LogP) is 2.23. The first-order valence-electron chi connectivity index (χ1n) is 6.87. The lowest BCUT2D eigenvalue weighted by Gasteiger charge is -2.18. The third kappa shape index (κ3) is 5.17. The Bertz CT molecular complexity index is 451. The fourth-order valence-electron chi connectivity index (χ4n) is 1.71. The van der Waals surface area contributed by atoms with Gasteiger partial charge in [0, 0.05) is 18.7 Å². The van der Waals surface area contributed by atoms with Crippen molar-refractivity contribution in [2.45, 2.75) is 45.9 Å². The summed E-state index contributed by atoms with van der Waals surface area (Å²) in [5, 5.41) is 5.78. The van der Waals surface area contributed by atoms with Crippen LogP contribution in [0.4, 0.5) is 4.39 Å². The molecule has 0 saturated heterocycles. The van der Waals surface area contributed by atoms with E-state index in [0.717, 1.165) is 12.0 Å². The quantitative estimate of drug-likeness (QED) is 0.806. The molecule has 1 rings (SSSR count). The number of halogens is 1. The van der Waals surface area contributed by atoms with E-state index < -0.39 is 6.10 Å². The van der Waals surface area contributed by atoms with E-state index in [4.69, 9.17) is 4.74 Å². The maximum Gasteiger partial charge on any atom is 0.260 e. The molecule has 1 amide bonds. The van der Waals surface area contributed by atoms with Gasteiger partial charge in [-0.1, -0.05) is 6.92 Å². The molecular weight excluding hydrogens is 259 g/mol. The number of amides is 1. The molecular formula is C15H23FN2O2. The number of carbonyl (C=O) groups is 1. The molecule has 2 unspecified atom stereocenters. The van der Waals surface area contributed by atoms with Gasteiger partial charge in [0.05, 0.1) is 0 Å². The lowest BCUT2D eigenvalue weighted by molar-refractivity contribution is -0.127. The molecule has 1 aromatic rings. The normalized spacial score (nSPS) is 13.7. The highest BCUT2D eigenvalue weighted by molar-refractivity contribution is 5.80. The van der Waals surface area contributed by atoms with Crippen molar-refractivity contribution in [2.24, 2.45) is 0 Å². The molecule has 0 aromatic heterocycles. The maximum absolute atomic E-state index is 13.5. The minimum Gasteiger partial charge on any atom is -0.481 e. The van der Waals surface area contributed by atoms with E-state index in [0.29, 0.717) is 12.3 Å². The molecule has 0 fully saturated rings. The first kappa shape index (κ1) is 16.4. The van der Waals surface area contributed by atoms with Crippen molar-refractivity contribution in [2.75, 3.05) is 7.05 Å². The van der Waals surface area contributed by atoms with Crippen molar-refractivity contribution in [1.82, 2.24) is 10.6 Å². The molecule has 112 valence electrons. The van der Waals surface area contributed by atoms with E-state index in [1.54, 1.807) is 20.0 Å². The van der Waals surface area contributed by atoms with Gasteiger partial charge in [-0.2, -0.15) is 0 Å². The van der Waals surface area contributed by atoms with E-state index in [9.17, 15) is 9.18 Å². The second-order valence-electron chi connectivity index (χ2n) is 4.90. The number of benzene rings is 1. The van der Waals surface area contributed by atoms with Gasteiger partial charge in [0.2, 0.25) is 0 Å². The topological polar surface area (TPSA) is 50.4 Å². The van der Waals surface area contributed by atoms with Crippen molar-refractivity contribution < 1.29 is 13.9 Å². The summed E-state index contributed by atoms with van der Waals surface area (Å²) in [7, 11) is 1.79. The molecule has 2 N–H and O–H groups in total. The number of hydrogen-bond donors (Lipinski definition) is 2. The predicted molar refractivity (Wildman–Crippen MR) is 77.1 cm³/mol. The van der Waals surface area contributed by atoms with E-state index in [2.05, 4.69) is 10.6 Å². The van der Waals surface area contributed by atoms with Crippen molar-refractivity contribution in [3.8, 4) is 5.75 Å². The summed E-state index contributed by atoms with van der Waals surface area (Å²) in [4.78, 5) is 11.9. The van der Waals surface area contributed by atoms with Crippen LogP contribution in [-0.4, -0.2) is 25.1 Å². The summed E-state index contributed by atoms with van der Waals surface area (Å²) in [6, 6.07) is 4.55. The van der Waals surface area contributed by atoms with Crippen molar-refractivity contribution in [3.63, 3.8) is 0 Å². The summed E-state index contributed by atoms with van der Waals surface area (Å²) in [5.41, 5.74) is 0.775. The number of hydrogen-bond acceptors (Lipinski definition) is 3. The third-order valence-electron chi connectivity index (χ3n) is 3.00. The summed E-state index contributed by atoms with van der Waals surface area (Å²) < 4.78 is 19.0. The third-order valence-corrected chi connectivity index (χ3v) is 3.00. The smallest absolute Gasteiger partial charge is 0.260 e. The highest BCUT2D eigenvalue weighted by atomic mass is 19.1. The van der Waals surface area contributed by atoms with Crippen molar-refractivity contribution >= 4 is 5.91 Å². The lowest BCUT2D eigenvalue weighted by atomic mass is 10.2. The van der Waals surface area contributed by atoms with Gasteiger partial charge in [0.1, 0.15) is 11.6 Å². The monoisotopic (exact) mass is 282 g/mol. The molecule has 0 radical (unpaired) electrons. The minimum absolute atomic E-state index is 0.0981. The molecule has 0 aliphatic heterocycles. The van der Waals surface area contributed by atoms with Gasteiger partial charge in [0.25, 0.3) is 5.91 Å². The van der Waals surface area contributed by atoms with Crippen LogP contribution in [0.5, 0.6) is 5.75 Å². The number of ether oxygens (including phenoxy) is 1. The number of nitrogens with one attached hydrogen (secondary N) is 2. The largest absolute Gasteiger partial charge is 0.481 e. The molecule has 0 aliphatic rings. The van der Waals surface area contributed by atoms with Crippen LogP contribution < -0.4 is 15.4 Å². The Morgan fingerprint density at radius 3 is 2.65 bits per heavy atom. The maximum atomic E-state index is 13.5. The molecule has 2 atom stereocenters. The van der Waals surface area contributed by atoms with Crippen LogP contribution in [0, 0.1) is 5.82 Å². The fourth-order valence-corrected chi connectivity index (χ4v) is 1.71. The zero-order valence-corrected chi connectivity index (χ0v) is 12.5. The average Bonchev–Trinajstić information content (AvgIpc) is 2.38. The van der Waals surface area contributed by atoms with Crippen LogP contribution in [0.15, 0.2) is 18.2 Å². The van der Waals surface area contributed by atoms with Crippen LogP contribution in [-0.2, 0) is 11.3 Å². The molecule has 1 aromatic carbocycles. The van der Waals surface area contributed by atoms with Crippen molar-refractivity contribution in [1.29, 1.82) is 0 Å². The van der Waals surface area contributed by atoms with Crippen LogP contribution in [0.2, 0.25) is 0 Å². The van der Waals surface area contributed by atoms with Crippen LogP contribution >= 0.6 is 0 Å².